The smallest absolute Gasteiger partial charge is 0.161 e. The van der Waals surface area contributed by atoms with Gasteiger partial charge in [-0.3, -0.25) is 4.90 Å². The van der Waals surface area contributed by atoms with Crippen LogP contribution in [0.1, 0.15) is 18.1 Å². The summed E-state index contributed by atoms with van der Waals surface area (Å²) >= 11 is 0. The summed E-state index contributed by atoms with van der Waals surface area (Å²) < 4.78 is 10.8. The van der Waals surface area contributed by atoms with E-state index in [1.54, 1.807) is 14.2 Å². The minimum Gasteiger partial charge on any atom is -0.493 e. The van der Waals surface area contributed by atoms with E-state index in [1.807, 2.05) is 7.05 Å². The van der Waals surface area contributed by atoms with E-state index in [9.17, 15) is 0 Å². The highest BCUT2D eigenvalue weighted by atomic mass is 16.5. The monoisotopic (exact) mass is 264 g/mol. The van der Waals surface area contributed by atoms with E-state index < -0.39 is 0 Å². The van der Waals surface area contributed by atoms with Crippen molar-refractivity contribution in [3.05, 3.63) is 23.3 Å². The zero-order chi connectivity index (χ0) is 13.8. The van der Waals surface area contributed by atoms with Crippen molar-refractivity contribution in [3.63, 3.8) is 0 Å². The minimum absolute atomic E-state index is 0.547. The lowest BCUT2D eigenvalue weighted by atomic mass is 9.97. The summed E-state index contributed by atoms with van der Waals surface area (Å²) in [5, 5.41) is 3.24. The number of likely N-dealkylation sites (N-methyl/N-ethyl adjacent to an activating group) is 1. The van der Waals surface area contributed by atoms with Crippen LogP contribution in [0.15, 0.2) is 12.1 Å². The summed E-state index contributed by atoms with van der Waals surface area (Å²) in [4.78, 5) is 2.50. The Labute approximate surface area is 115 Å². The molecule has 0 aromatic heterocycles. The molecule has 0 saturated carbocycles. The van der Waals surface area contributed by atoms with Gasteiger partial charge in [0.15, 0.2) is 11.5 Å². The Morgan fingerprint density at radius 3 is 2.42 bits per heavy atom. The number of rotatable bonds is 5. The van der Waals surface area contributed by atoms with Crippen molar-refractivity contribution in [2.45, 2.75) is 25.9 Å². The van der Waals surface area contributed by atoms with Gasteiger partial charge in [-0.1, -0.05) is 0 Å². The van der Waals surface area contributed by atoms with E-state index in [1.165, 1.54) is 11.1 Å². The molecule has 0 aliphatic carbocycles. The Hall–Kier alpha value is -1.26. The van der Waals surface area contributed by atoms with E-state index in [2.05, 4.69) is 29.3 Å². The standard InChI is InChI=1S/C15H24N2O2/c1-11(9-16-2)17-6-5-12-7-14(18-3)15(19-4)8-13(12)10-17/h7-8,11,16H,5-6,9-10H2,1-4H3. The number of hydrogen-bond donors (Lipinski definition) is 1. The Morgan fingerprint density at radius 2 is 1.84 bits per heavy atom. The van der Waals surface area contributed by atoms with E-state index in [-0.39, 0.29) is 0 Å². The second-order valence-electron chi connectivity index (χ2n) is 5.10. The fraction of sp³-hybridized carbons (Fsp3) is 0.600. The molecule has 1 aromatic carbocycles. The van der Waals surface area contributed by atoms with Crippen molar-refractivity contribution >= 4 is 0 Å². The van der Waals surface area contributed by atoms with Crippen molar-refractivity contribution in [1.29, 1.82) is 0 Å². The molecule has 19 heavy (non-hydrogen) atoms. The molecule has 0 bridgehead atoms. The molecule has 0 spiro atoms. The number of ether oxygens (including phenoxy) is 2. The number of benzene rings is 1. The molecule has 106 valence electrons. The van der Waals surface area contributed by atoms with Crippen LogP contribution in [0, 0.1) is 0 Å². The van der Waals surface area contributed by atoms with Gasteiger partial charge in [0.25, 0.3) is 0 Å². The van der Waals surface area contributed by atoms with Crippen LogP contribution in [0.4, 0.5) is 0 Å². The first-order valence-corrected chi connectivity index (χ1v) is 6.82. The van der Waals surface area contributed by atoms with Crippen molar-refractivity contribution in [2.24, 2.45) is 0 Å². The molecule has 0 fully saturated rings. The van der Waals surface area contributed by atoms with Crippen LogP contribution in [0.2, 0.25) is 0 Å². The first-order valence-electron chi connectivity index (χ1n) is 6.82. The van der Waals surface area contributed by atoms with Gasteiger partial charge in [-0.2, -0.15) is 0 Å². The quantitative estimate of drug-likeness (QED) is 0.877. The summed E-state index contributed by atoms with van der Waals surface area (Å²) in [6.45, 7) is 5.37. The molecule has 4 heteroatoms. The van der Waals surface area contributed by atoms with Crippen LogP contribution in [0.25, 0.3) is 0 Å². The third-order valence-corrected chi connectivity index (χ3v) is 3.87. The maximum atomic E-state index is 5.39. The lowest BCUT2D eigenvalue weighted by molar-refractivity contribution is 0.188. The molecule has 4 nitrogen and oxygen atoms in total. The number of methoxy groups -OCH3 is 2. The molecule has 1 aliphatic rings. The highest BCUT2D eigenvalue weighted by Crippen LogP contribution is 2.33. The number of fused-ring (bicyclic) bond motifs is 1. The molecule has 1 N–H and O–H groups in total. The summed E-state index contributed by atoms with van der Waals surface area (Å²) in [5.74, 6) is 1.65. The van der Waals surface area contributed by atoms with Crippen LogP contribution in [0.5, 0.6) is 11.5 Å². The summed E-state index contributed by atoms with van der Waals surface area (Å²) in [7, 11) is 5.38. The second-order valence-corrected chi connectivity index (χ2v) is 5.10. The van der Waals surface area contributed by atoms with Crippen molar-refractivity contribution in [1.82, 2.24) is 10.2 Å². The Balaban J connectivity index is 2.20. The van der Waals surface area contributed by atoms with Crippen molar-refractivity contribution in [2.75, 3.05) is 34.4 Å². The van der Waals surface area contributed by atoms with Crippen LogP contribution >= 0.6 is 0 Å². The molecule has 1 atom stereocenters. The van der Waals surface area contributed by atoms with E-state index in [4.69, 9.17) is 9.47 Å². The lowest BCUT2D eigenvalue weighted by Gasteiger charge is -2.34. The first kappa shape index (κ1) is 14.2. The largest absolute Gasteiger partial charge is 0.493 e. The van der Waals surface area contributed by atoms with Gasteiger partial charge in [-0.25, -0.2) is 0 Å². The van der Waals surface area contributed by atoms with Crippen LogP contribution in [-0.4, -0.2) is 45.3 Å². The molecule has 1 aliphatic heterocycles. The number of nitrogens with zero attached hydrogens (tertiary/aromatic N) is 1. The van der Waals surface area contributed by atoms with Crippen LogP contribution in [-0.2, 0) is 13.0 Å². The lowest BCUT2D eigenvalue weighted by Crippen LogP contribution is -2.42. The highest BCUT2D eigenvalue weighted by Gasteiger charge is 2.22. The van der Waals surface area contributed by atoms with Gasteiger partial charge in [0.05, 0.1) is 14.2 Å². The molecule has 0 radical (unpaired) electrons. The van der Waals surface area contributed by atoms with Gasteiger partial charge < -0.3 is 14.8 Å². The topological polar surface area (TPSA) is 33.7 Å². The molecular weight excluding hydrogens is 240 g/mol. The van der Waals surface area contributed by atoms with Gasteiger partial charge in [-0.05, 0) is 43.7 Å². The third kappa shape index (κ3) is 3.01. The fourth-order valence-electron chi connectivity index (χ4n) is 2.71. The highest BCUT2D eigenvalue weighted by molar-refractivity contribution is 5.48. The van der Waals surface area contributed by atoms with Crippen LogP contribution in [0.3, 0.4) is 0 Å². The predicted molar refractivity (Wildman–Crippen MR) is 77.0 cm³/mol. The fourth-order valence-corrected chi connectivity index (χ4v) is 2.71. The van der Waals surface area contributed by atoms with Gasteiger partial charge in [0.2, 0.25) is 0 Å². The normalized spacial score (nSPS) is 16.8. The zero-order valence-electron chi connectivity index (χ0n) is 12.3. The maximum Gasteiger partial charge on any atom is 0.161 e. The molecule has 2 rings (SSSR count). The molecule has 1 heterocycles. The van der Waals surface area contributed by atoms with E-state index >= 15 is 0 Å². The van der Waals surface area contributed by atoms with Crippen molar-refractivity contribution in [3.8, 4) is 11.5 Å². The number of hydrogen-bond acceptors (Lipinski definition) is 4. The van der Waals surface area contributed by atoms with Gasteiger partial charge in [0, 0.05) is 25.7 Å². The summed E-state index contributed by atoms with van der Waals surface area (Å²) in [5.41, 5.74) is 2.73. The molecule has 0 saturated heterocycles. The molecule has 0 amide bonds. The molecule has 1 unspecified atom stereocenters. The van der Waals surface area contributed by atoms with Crippen molar-refractivity contribution < 1.29 is 9.47 Å². The third-order valence-electron chi connectivity index (χ3n) is 3.87. The minimum atomic E-state index is 0.547. The average Bonchev–Trinajstić information content (AvgIpc) is 2.45. The second kappa shape index (κ2) is 6.26. The predicted octanol–water partition coefficient (Wildman–Crippen LogP) is 1.67. The van der Waals surface area contributed by atoms with Gasteiger partial charge in [0.1, 0.15) is 0 Å². The Morgan fingerprint density at radius 1 is 1.21 bits per heavy atom. The van der Waals surface area contributed by atoms with Gasteiger partial charge in [-0.15, -0.1) is 0 Å². The SMILES string of the molecule is CNCC(C)N1CCc2cc(OC)c(OC)cc2C1. The van der Waals surface area contributed by atoms with E-state index in [0.717, 1.165) is 37.6 Å². The first-order chi connectivity index (χ1) is 9.19. The number of nitrogens with one attached hydrogen (secondary N) is 1. The zero-order valence-corrected chi connectivity index (χ0v) is 12.3. The average molecular weight is 264 g/mol. The Bertz CT molecular complexity index is 434. The molecule has 1 aromatic rings. The molecular formula is C15H24N2O2. The summed E-state index contributed by atoms with van der Waals surface area (Å²) in [6.07, 6.45) is 1.07. The van der Waals surface area contributed by atoms with E-state index in [0.29, 0.717) is 6.04 Å². The summed E-state index contributed by atoms with van der Waals surface area (Å²) in [6, 6.07) is 4.78. The maximum absolute atomic E-state index is 5.39. The van der Waals surface area contributed by atoms with Crippen LogP contribution < -0.4 is 14.8 Å². The van der Waals surface area contributed by atoms with Gasteiger partial charge >= 0.3 is 0 Å². The Kier molecular flexibility index (Phi) is 4.66.